The van der Waals surface area contributed by atoms with E-state index in [1.165, 1.54) is 12.0 Å². The lowest BCUT2D eigenvalue weighted by Crippen LogP contribution is -2.17. The molecule has 1 aromatic rings. The normalized spacial score (nSPS) is 13.0. The first kappa shape index (κ1) is 12.2. The fourth-order valence-electron chi connectivity index (χ4n) is 1.71. The first-order valence-corrected chi connectivity index (χ1v) is 5.98. The Morgan fingerprint density at radius 1 is 1.47 bits per heavy atom. The molecular weight excluding hydrogens is 186 g/mol. The van der Waals surface area contributed by atoms with Crippen LogP contribution < -0.4 is 5.32 Å². The zero-order valence-corrected chi connectivity index (χ0v) is 10.2. The van der Waals surface area contributed by atoms with Gasteiger partial charge in [-0.25, -0.2) is 0 Å². The minimum absolute atomic E-state index is 0.735. The zero-order valence-electron chi connectivity index (χ0n) is 10.2. The number of nitrogens with zero attached hydrogens (tertiary/aromatic N) is 2. The molecule has 1 aromatic heterocycles. The summed E-state index contributed by atoms with van der Waals surface area (Å²) in [5.74, 6) is 0.735. The maximum Gasteiger partial charge on any atom is 0.0521 e. The molecular formula is C12H23N3. The maximum absolute atomic E-state index is 4.29. The molecule has 0 saturated heterocycles. The average molecular weight is 209 g/mol. The highest BCUT2D eigenvalue weighted by atomic mass is 15.3. The van der Waals surface area contributed by atoms with Crippen molar-refractivity contribution in [3.63, 3.8) is 0 Å². The minimum Gasteiger partial charge on any atom is -0.317 e. The van der Waals surface area contributed by atoms with E-state index in [2.05, 4.69) is 37.4 Å². The summed E-state index contributed by atoms with van der Waals surface area (Å²) in [5, 5.41) is 7.65. The van der Waals surface area contributed by atoms with Crippen LogP contribution in [0.15, 0.2) is 12.4 Å². The number of hydrogen-bond donors (Lipinski definition) is 1. The van der Waals surface area contributed by atoms with Gasteiger partial charge in [0.2, 0.25) is 0 Å². The Bertz CT molecular complexity index is 268. The van der Waals surface area contributed by atoms with Gasteiger partial charge in [-0.15, -0.1) is 0 Å². The van der Waals surface area contributed by atoms with Gasteiger partial charge in [-0.3, -0.25) is 4.68 Å². The third-order valence-electron chi connectivity index (χ3n) is 2.66. The van der Waals surface area contributed by atoms with Crippen LogP contribution in [0, 0.1) is 5.92 Å². The molecule has 0 aliphatic heterocycles. The van der Waals surface area contributed by atoms with Gasteiger partial charge in [0.15, 0.2) is 0 Å². The molecule has 0 radical (unpaired) electrons. The van der Waals surface area contributed by atoms with Gasteiger partial charge in [0, 0.05) is 12.7 Å². The molecule has 1 rings (SSSR count). The average Bonchev–Trinajstić information content (AvgIpc) is 2.66. The van der Waals surface area contributed by atoms with E-state index >= 15 is 0 Å². The van der Waals surface area contributed by atoms with Crippen LogP contribution in [0.2, 0.25) is 0 Å². The quantitative estimate of drug-likeness (QED) is 0.697. The first-order chi connectivity index (χ1) is 7.26. The number of nitrogens with one attached hydrogen (secondary N) is 1. The number of rotatable bonds is 7. The summed E-state index contributed by atoms with van der Waals surface area (Å²) >= 11 is 0. The fraction of sp³-hybridized carbons (Fsp3) is 0.750. The predicted molar refractivity (Wildman–Crippen MR) is 63.9 cm³/mol. The Morgan fingerprint density at radius 3 is 2.87 bits per heavy atom. The van der Waals surface area contributed by atoms with Crippen molar-refractivity contribution in [2.24, 2.45) is 5.92 Å². The Balaban J connectivity index is 2.27. The van der Waals surface area contributed by atoms with E-state index in [1.54, 1.807) is 0 Å². The molecule has 3 heteroatoms. The summed E-state index contributed by atoms with van der Waals surface area (Å²) in [6.45, 7) is 9.73. The van der Waals surface area contributed by atoms with E-state index in [9.17, 15) is 0 Å². The van der Waals surface area contributed by atoms with Crippen molar-refractivity contribution >= 4 is 0 Å². The number of hydrogen-bond acceptors (Lipinski definition) is 2. The van der Waals surface area contributed by atoms with Crippen molar-refractivity contribution in [1.29, 1.82) is 0 Å². The molecule has 3 nitrogen and oxygen atoms in total. The molecule has 0 saturated carbocycles. The molecule has 0 aliphatic carbocycles. The van der Waals surface area contributed by atoms with E-state index in [1.807, 2.05) is 10.9 Å². The molecule has 86 valence electrons. The van der Waals surface area contributed by atoms with Crippen LogP contribution in [0.25, 0.3) is 0 Å². The Kier molecular flexibility index (Phi) is 5.40. The van der Waals surface area contributed by atoms with Crippen LogP contribution in [0.3, 0.4) is 0 Å². The van der Waals surface area contributed by atoms with Gasteiger partial charge < -0.3 is 5.32 Å². The van der Waals surface area contributed by atoms with Gasteiger partial charge in [-0.1, -0.05) is 13.8 Å². The van der Waals surface area contributed by atoms with Gasteiger partial charge in [0.25, 0.3) is 0 Å². The molecule has 1 atom stereocenters. The van der Waals surface area contributed by atoms with Crippen molar-refractivity contribution in [2.45, 2.75) is 40.2 Å². The highest BCUT2D eigenvalue weighted by Crippen LogP contribution is 2.10. The summed E-state index contributed by atoms with van der Waals surface area (Å²) in [5.41, 5.74) is 1.36. The van der Waals surface area contributed by atoms with E-state index < -0.39 is 0 Å². The van der Waals surface area contributed by atoms with Crippen LogP contribution >= 0.6 is 0 Å². The van der Waals surface area contributed by atoms with Crippen LogP contribution in [0.5, 0.6) is 0 Å². The number of aryl methyl sites for hydroxylation is 1. The molecule has 0 bridgehead atoms. The maximum atomic E-state index is 4.29. The fourth-order valence-corrected chi connectivity index (χ4v) is 1.71. The predicted octanol–water partition coefficient (Wildman–Crippen LogP) is 2.08. The smallest absolute Gasteiger partial charge is 0.0521 e. The van der Waals surface area contributed by atoms with Crippen molar-refractivity contribution < 1.29 is 0 Å². The molecule has 0 fully saturated rings. The Hall–Kier alpha value is -0.830. The molecule has 0 spiro atoms. The zero-order chi connectivity index (χ0) is 11.1. The largest absolute Gasteiger partial charge is 0.317 e. The summed E-state index contributed by atoms with van der Waals surface area (Å²) < 4.78 is 1.99. The minimum atomic E-state index is 0.735. The van der Waals surface area contributed by atoms with Crippen molar-refractivity contribution in [3.05, 3.63) is 18.0 Å². The summed E-state index contributed by atoms with van der Waals surface area (Å²) in [6.07, 6.45) is 6.54. The first-order valence-electron chi connectivity index (χ1n) is 5.98. The molecule has 0 aliphatic rings. The van der Waals surface area contributed by atoms with E-state index in [0.717, 1.165) is 32.0 Å². The van der Waals surface area contributed by atoms with Crippen molar-refractivity contribution in [1.82, 2.24) is 15.1 Å². The number of aromatic nitrogens is 2. The lowest BCUT2D eigenvalue weighted by Gasteiger charge is -2.09. The Labute approximate surface area is 92.9 Å². The van der Waals surface area contributed by atoms with Crippen LogP contribution in [-0.2, 0) is 13.0 Å². The Morgan fingerprint density at radius 2 is 2.27 bits per heavy atom. The second-order valence-corrected chi connectivity index (χ2v) is 4.16. The van der Waals surface area contributed by atoms with Crippen molar-refractivity contribution in [2.75, 3.05) is 13.1 Å². The van der Waals surface area contributed by atoms with Crippen molar-refractivity contribution in [3.8, 4) is 0 Å². The third kappa shape index (κ3) is 4.47. The molecule has 1 N–H and O–H groups in total. The van der Waals surface area contributed by atoms with Gasteiger partial charge in [0.1, 0.15) is 0 Å². The van der Waals surface area contributed by atoms with Gasteiger partial charge in [-0.2, -0.15) is 5.10 Å². The van der Waals surface area contributed by atoms with Crippen LogP contribution in [0.4, 0.5) is 0 Å². The summed E-state index contributed by atoms with van der Waals surface area (Å²) in [6, 6.07) is 0. The lowest BCUT2D eigenvalue weighted by molar-refractivity contribution is 0.504. The topological polar surface area (TPSA) is 29.9 Å². The molecule has 1 unspecified atom stereocenters. The molecule has 0 aromatic carbocycles. The van der Waals surface area contributed by atoms with E-state index in [0.29, 0.717) is 0 Å². The van der Waals surface area contributed by atoms with E-state index in [-0.39, 0.29) is 0 Å². The third-order valence-corrected chi connectivity index (χ3v) is 2.66. The molecule has 0 amide bonds. The highest BCUT2D eigenvalue weighted by molar-refractivity contribution is 5.04. The second-order valence-electron chi connectivity index (χ2n) is 4.16. The lowest BCUT2D eigenvalue weighted by atomic mass is 10.0. The van der Waals surface area contributed by atoms with Crippen LogP contribution in [-0.4, -0.2) is 22.9 Å². The highest BCUT2D eigenvalue weighted by Gasteiger charge is 2.05. The monoisotopic (exact) mass is 209 g/mol. The van der Waals surface area contributed by atoms with Gasteiger partial charge in [0.05, 0.1) is 6.20 Å². The van der Waals surface area contributed by atoms with Crippen LogP contribution in [0.1, 0.15) is 32.8 Å². The summed E-state index contributed by atoms with van der Waals surface area (Å²) in [7, 11) is 0. The van der Waals surface area contributed by atoms with Gasteiger partial charge >= 0.3 is 0 Å². The van der Waals surface area contributed by atoms with Gasteiger partial charge in [-0.05, 0) is 44.3 Å². The standard InChI is InChI=1S/C12H23N3/c1-4-13-7-6-11(3)8-12-9-14-15(5-2)10-12/h9-11,13H,4-8H2,1-3H3. The molecule has 1 heterocycles. The summed E-state index contributed by atoms with van der Waals surface area (Å²) in [4.78, 5) is 0. The second kappa shape index (κ2) is 6.62. The molecule has 15 heavy (non-hydrogen) atoms. The van der Waals surface area contributed by atoms with E-state index in [4.69, 9.17) is 0 Å². The SMILES string of the molecule is CCNCCC(C)Cc1cnn(CC)c1.